The van der Waals surface area contributed by atoms with Crippen molar-refractivity contribution in [2.75, 3.05) is 32.1 Å². The highest BCUT2D eigenvalue weighted by atomic mass is 19.1. The number of rotatable bonds is 6. The topological polar surface area (TPSA) is 70.7 Å². The number of nitrogens with zero attached hydrogens (tertiary/aromatic N) is 1. The van der Waals surface area contributed by atoms with E-state index >= 15 is 0 Å². The molecule has 0 saturated carbocycles. The van der Waals surface area contributed by atoms with Gasteiger partial charge >= 0.3 is 6.03 Å². The van der Waals surface area contributed by atoms with E-state index in [2.05, 4.69) is 10.6 Å². The van der Waals surface area contributed by atoms with Gasteiger partial charge in [-0.2, -0.15) is 0 Å². The van der Waals surface area contributed by atoms with Gasteiger partial charge in [0.1, 0.15) is 17.4 Å². The number of carbonyl (C=O) groups is 2. The number of carbonyl (C=O) groups excluding carboxylic acids is 2. The van der Waals surface area contributed by atoms with Gasteiger partial charge in [0.15, 0.2) is 0 Å². The Balaban J connectivity index is 1.40. The Morgan fingerprint density at radius 1 is 1.10 bits per heavy atom. The third kappa shape index (κ3) is 5.92. The first kappa shape index (κ1) is 21.5. The number of hydrogen-bond donors (Lipinski definition) is 2. The van der Waals surface area contributed by atoms with Crippen LogP contribution in [0.5, 0.6) is 5.75 Å². The largest absolute Gasteiger partial charge is 0.497 e. The van der Waals surface area contributed by atoms with Crippen LogP contribution in [0.2, 0.25) is 0 Å². The Labute approximate surface area is 174 Å². The van der Waals surface area contributed by atoms with Crippen molar-refractivity contribution in [3.8, 4) is 5.75 Å². The van der Waals surface area contributed by atoms with Gasteiger partial charge in [0.25, 0.3) is 5.91 Å². The smallest absolute Gasteiger partial charge is 0.321 e. The average molecular weight is 417 g/mol. The Bertz CT molecular complexity index is 879. The standard InChI is InChI=1S/C22H25F2N3O3/c1-30-20-4-2-3-16(11-20)21(28)25-8-5-15-6-9-27(10-7-15)22(29)26-19-13-17(23)12-18(24)14-19/h2-4,11-15H,5-10H2,1H3,(H,25,28)(H,26,29). The second-order valence-corrected chi connectivity index (χ2v) is 7.30. The second-order valence-electron chi connectivity index (χ2n) is 7.30. The molecule has 8 heteroatoms. The number of anilines is 1. The average Bonchev–Trinajstić information content (AvgIpc) is 2.73. The fraction of sp³-hybridized carbons (Fsp3) is 0.364. The van der Waals surface area contributed by atoms with Gasteiger partial charge in [0, 0.05) is 37.0 Å². The molecule has 2 aromatic rings. The Morgan fingerprint density at radius 2 is 1.80 bits per heavy atom. The van der Waals surface area contributed by atoms with Crippen molar-refractivity contribution in [1.29, 1.82) is 0 Å². The first-order chi connectivity index (χ1) is 14.4. The highest BCUT2D eigenvalue weighted by Gasteiger charge is 2.23. The maximum Gasteiger partial charge on any atom is 0.321 e. The number of likely N-dealkylation sites (tertiary alicyclic amines) is 1. The van der Waals surface area contributed by atoms with Crippen molar-refractivity contribution >= 4 is 17.6 Å². The molecular weight excluding hydrogens is 392 g/mol. The van der Waals surface area contributed by atoms with Gasteiger partial charge in [-0.3, -0.25) is 4.79 Å². The van der Waals surface area contributed by atoms with Crippen LogP contribution in [-0.4, -0.2) is 43.6 Å². The molecule has 1 aliphatic rings. The summed E-state index contributed by atoms with van der Waals surface area (Å²) in [6.07, 6.45) is 2.43. The molecule has 30 heavy (non-hydrogen) atoms. The first-order valence-electron chi connectivity index (χ1n) is 9.89. The van der Waals surface area contributed by atoms with E-state index in [0.717, 1.165) is 37.5 Å². The van der Waals surface area contributed by atoms with E-state index in [9.17, 15) is 18.4 Å². The number of methoxy groups -OCH3 is 1. The van der Waals surface area contributed by atoms with Crippen molar-refractivity contribution in [1.82, 2.24) is 10.2 Å². The molecule has 0 atom stereocenters. The van der Waals surface area contributed by atoms with Crippen molar-refractivity contribution < 1.29 is 23.1 Å². The van der Waals surface area contributed by atoms with Crippen LogP contribution in [0.3, 0.4) is 0 Å². The molecule has 0 unspecified atom stereocenters. The lowest BCUT2D eigenvalue weighted by Gasteiger charge is -2.32. The normalized spacial score (nSPS) is 14.3. The fourth-order valence-electron chi connectivity index (χ4n) is 3.51. The summed E-state index contributed by atoms with van der Waals surface area (Å²) in [5, 5.41) is 5.45. The molecule has 0 bridgehead atoms. The van der Waals surface area contributed by atoms with Crippen molar-refractivity contribution in [2.45, 2.75) is 19.3 Å². The molecule has 2 N–H and O–H groups in total. The van der Waals surface area contributed by atoms with Crippen molar-refractivity contribution in [2.24, 2.45) is 5.92 Å². The molecule has 6 nitrogen and oxygen atoms in total. The van der Waals surface area contributed by atoms with E-state index in [4.69, 9.17) is 4.74 Å². The fourth-order valence-corrected chi connectivity index (χ4v) is 3.51. The minimum absolute atomic E-state index is 0.0971. The number of piperidine rings is 1. The minimum atomic E-state index is -0.736. The highest BCUT2D eigenvalue weighted by molar-refractivity contribution is 5.94. The number of amides is 3. The summed E-state index contributed by atoms with van der Waals surface area (Å²) in [6.45, 7) is 1.66. The second kappa shape index (κ2) is 10.0. The lowest BCUT2D eigenvalue weighted by atomic mass is 9.93. The number of nitrogens with one attached hydrogen (secondary N) is 2. The van der Waals surface area contributed by atoms with E-state index in [1.54, 1.807) is 36.3 Å². The first-order valence-corrected chi connectivity index (χ1v) is 9.89. The monoisotopic (exact) mass is 417 g/mol. The van der Waals surface area contributed by atoms with E-state index in [1.165, 1.54) is 0 Å². The van der Waals surface area contributed by atoms with Crippen molar-refractivity contribution in [3.63, 3.8) is 0 Å². The van der Waals surface area contributed by atoms with Crippen LogP contribution in [0.4, 0.5) is 19.3 Å². The number of urea groups is 1. The zero-order chi connectivity index (χ0) is 21.5. The molecule has 1 heterocycles. The van der Waals surface area contributed by atoms with Crippen LogP contribution in [0.15, 0.2) is 42.5 Å². The summed E-state index contributed by atoms with van der Waals surface area (Å²) in [7, 11) is 1.56. The Hall–Kier alpha value is -3.16. The Morgan fingerprint density at radius 3 is 2.47 bits per heavy atom. The van der Waals surface area contributed by atoms with Gasteiger partial charge in [-0.15, -0.1) is 0 Å². The molecule has 1 saturated heterocycles. The maximum atomic E-state index is 13.3. The summed E-state index contributed by atoms with van der Waals surface area (Å²) in [4.78, 5) is 26.2. The van der Waals surface area contributed by atoms with Crippen molar-refractivity contribution in [3.05, 3.63) is 59.7 Å². The van der Waals surface area contributed by atoms with E-state index in [0.29, 0.717) is 36.9 Å². The SMILES string of the molecule is COc1cccc(C(=O)NCCC2CCN(C(=O)Nc3cc(F)cc(F)c3)CC2)c1. The van der Waals surface area contributed by atoms with E-state index in [1.807, 2.05) is 0 Å². The number of benzene rings is 2. The third-order valence-corrected chi connectivity index (χ3v) is 5.19. The summed E-state index contributed by atoms with van der Waals surface area (Å²) < 4.78 is 31.6. The molecule has 2 aromatic carbocycles. The summed E-state index contributed by atoms with van der Waals surface area (Å²) in [5.41, 5.74) is 0.648. The van der Waals surface area contributed by atoms with Crippen LogP contribution in [0, 0.1) is 17.6 Å². The van der Waals surface area contributed by atoms with Gasteiger partial charge in [-0.25, -0.2) is 13.6 Å². The molecule has 3 amide bonds. The summed E-state index contributed by atoms with van der Waals surface area (Å²) in [5.74, 6) is -0.589. The van der Waals surface area contributed by atoms with Crippen LogP contribution in [0.25, 0.3) is 0 Å². The minimum Gasteiger partial charge on any atom is -0.497 e. The van der Waals surface area contributed by atoms with Gasteiger partial charge in [0.2, 0.25) is 0 Å². The van der Waals surface area contributed by atoms with Crippen LogP contribution < -0.4 is 15.4 Å². The molecule has 0 aromatic heterocycles. The van der Waals surface area contributed by atoms with Gasteiger partial charge in [-0.05, 0) is 55.5 Å². The van der Waals surface area contributed by atoms with Crippen LogP contribution in [0.1, 0.15) is 29.6 Å². The number of halogens is 2. The summed E-state index contributed by atoms with van der Waals surface area (Å²) in [6, 6.07) is 9.53. The molecule has 0 radical (unpaired) electrons. The molecule has 1 fully saturated rings. The van der Waals surface area contributed by atoms with E-state index < -0.39 is 11.6 Å². The lowest BCUT2D eigenvalue weighted by molar-refractivity contribution is 0.0949. The number of hydrogen-bond acceptors (Lipinski definition) is 3. The predicted octanol–water partition coefficient (Wildman–Crippen LogP) is 4.04. The molecular formula is C22H25F2N3O3. The van der Waals surface area contributed by atoms with Crippen LogP contribution in [-0.2, 0) is 0 Å². The van der Waals surface area contributed by atoms with Gasteiger partial charge in [-0.1, -0.05) is 6.07 Å². The van der Waals surface area contributed by atoms with Gasteiger partial charge < -0.3 is 20.3 Å². The third-order valence-electron chi connectivity index (χ3n) is 5.19. The zero-order valence-electron chi connectivity index (χ0n) is 16.8. The maximum absolute atomic E-state index is 13.3. The number of ether oxygens (including phenoxy) is 1. The van der Waals surface area contributed by atoms with Crippen LogP contribution >= 0.6 is 0 Å². The molecule has 160 valence electrons. The highest BCUT2D eigenvalue weighted by Crippen LogP contribution is 2.21. The molecule has 3 rings (SSSR count). The quantitative estimate of drug-likeness (QED) is 0.745. The Kier molecular flexibility index (Phi) is 7.21. The predicted molar refractivity (Wildman–Crippen MR) is 110 cm³/mol. The summed E-state index contributed by atoms with van der Waals surface area (Å²) >= 11 is 0. The molecule has 0 spiro atoms. The van der Waals surface area contributed by atoms with E-state index in [-0.39, 0.29) is 17.6 Å². The molecule has 1 aliphatic heterocycles. The lowest BCUT2D eigenvalue weighted by Crippen LogP contribution is -2.41. The zero-order valence-corrected chi connectivity index (χ0v) is 16.8. The van der Waals surface area contributed by atoms with Gasteiger partial charge in [0.05, 0.1) is 7.11 Å². The molecule has 0 aliphatic carbocycles.